The maximum atomic E-state index is 12.6. The minimum absolute atomic E-state index is 0.0377. The molecule has 0 aliphatic carbocycles. The van der Waals surface area contributed by atoms with Crippen molar-refractivity contribution >= 4 is 27.6 Å². The molecule has 0 spiro atoms. The van der Waals surface area contributed by atoms with Crippen LogP contribution in [0.25, 0.3) is 0 Å². The molecule has 0 aromatic carbocycles. The minimum atomic E-state index is -4.87. The number of ether oxygens (including phenoxy) is 2. The van der Waals surface area contributed by atoms with Gasteiger partial charge in [-0.15, -0.1) is 0 Å². The lowest BCUT2D eigenvalue weighted by atomic mass is 10.0. The number of phosphoric acid groups is 2. The molecule has 4 atom stereocenters. The van der Waals surface area contributed by atoms with Crippen LogP contribution in [-0.2, 0) is 41.8 Å². The molecule has 0 aromatic heterocycles. The molecule has 0 saturated heterocycles. The van der Waals surface area contributed by atoms with Gasteiger partial charge in [0.1, 0.15) is 12.7 Å². The molecule has 5 N–H and O–H groups in total. The fourth-order valence-corrected chi connectivity index (χ4v) is 6.05. The molecule has 0 amide bonds. The molecule has 55 heavy (non-hydrogen) atoms. The topological polar surface area (TPSA) is 216 Å². The molecule has 0 aromatic rings. The van der Waals surface area contributed by atoms with Crippen molar-refractivity contribution in [3.05, 3.63) is 48.6 Å². The van der Waals surface area contributed by atoms with E-state index in [-0.39, 0.29) is 18.9 Å². The summed E-state index contributed by atoms with van der Waals surface area (Å²) in [5.74, 6) is -0.411. The van der Waals surface area contributed by atoms with Gasteiger partial charge in [0.2, 0.25) is 0 Å². The monoisotopic (exact) mass is 824 g/mol. The Morgan fingerprint density at radius 2 is 1.16 bits per heavy atom. The van der Waals surface area contributed by atoms with Crippen LogP contribution >= 0.6 is 15.6 Å². The summed E-state index contributed by atoms with van der Waals surface area (Å²) < 4.78 is 47.5. The van der Waals surface area contributed by atoms with E-state index < -0.39 is 66.2 Å². The number of aliphatic hydroxyl groups excluding tert-OH is 2. The molecule has 1 unspecified atom stereocenters. The number of carbonyl (C=O) groups is 2. The molecule has 0 saturated carbocycles. The van der Waals surface area contributed by atoms with Gasteiger partial charge in [-0.2, -0.15) is 0 Å². The number of hydrogen-bond acceptors (Lipinski definition) is 11. The van der Waals surface area contributed by atoms with Gasteiger partial charge in [-0.3, -0.25) is 23.2 Å². The van der Waals surface area contributed by atoms with Gasteiger partial charge in [0, 0.05) is 12.8 Å². The highest BCUT2D eigenvalue weighted by molar-refractivity contribution is 7.47. The SMILES string of the molecule is CCCC[C@@H](O)/C=C\C/C=C\C/C=C\C/C=C\CCCC(=O)O[C@H](COC(=O)CCCCCCCCCC(C)C)COP(=O)(O)OC[C@@H](O)COP(=O)(O)O. The summed E-state index contributed by atoms with van der Waals surface area (Å²) in [5.41, 5.74) is 0. The minimum Gasteiger partial charge on any atom is -0.462 e. The molecular formula is C39H70O14P2. The molecule has 0 aliphatic rings. The molecule has 0 fully saturated rings. The normalized spacial score (nSPS) is 15.4. The first kappa shape index (κ1) is 53.0. The van der Waals surface area contributed by atoms with Crippen LogP contribution in [0.2, 0.25) is 0 Å². The van der Waals surface area contributed by atoms with Crippen molar-refractivity contribution in [3.8, 4) is 0 Å². The Morgan fingerprint density at radius 3 is 1.78 bits per heavy atom. The number of esters is 2. The van der Waals surface area contributed by atoms with E-state index in [2.05, 4.69) is 48.0 Å². The van der Waals surface area contributed by atoms with Gasteiger partial charge in [-0.25, -0.2) is 9.13 Å². The van der Waals surface area contributed by atoms with Crippen molar-refractivity contribution in [2.24, 2.45) is 5.92 Å². The quantitative estimate of drug-likeness (QED) is 0.0174. The largest absolute Gasteiger partial charge is 0.472 e. The fraction of sp³-hybridized carbons (Fsp3) is 0.744. The van der Waals surface area contributed by atoms with Crippen LogP contribution in [0.1, 0.15) is 136 Å². The van der Waals surface area contributed by atoms with Gasteiger partial charge in [0.15, 0.2) is 6.10 Å². The number of unbranched alkanes of at least 4 members (excludes halogenated alkanes) is 8. The van der Waals surface area contributed by atoms with Crippen molar-refractivity contribution in [1.82, 2.24) is 0 Å². The summed E-state index contributed by atoms with van der Waals surface area (Å²) in [6.45, 7) is 3.74. The lowest BCUT2D eigenvalue weighted by Gasteiger charge is -2.20. The van der Waals surface area contributed by atoms with Gasteiger partial charge >= 0.3 is 27.6 Å². The van der Waals surface area contributed by atoms with Crippen LogP contribution in [0.5, 0.6) is 0 Å². The smallest absolute Gasteiger partial charge is 0.462 e. The first-order valence-electron chi connectivity index (χ1n) is 19.8. The van der Waals surface area contributed by atoms with Crippen molar-refractivity contribution < 1.29 is 66.7 Å². The third-order valence-electron chi connectivity index (χ3n) is 7.96. The predicted molar refractivity (Wildman–Crippen MR) is 213 cm³/mol. The molecule has 0 heterocycles. The first-order chi connectivity index (χ1) is 26.1. The zero-order valence-corrected chi connectivity index (χ0v) is 35.1. The fourth-order valence-electron chi connectivity index (χ4n) is 4.89. The van der Waals surface area contributed by atoms with Crippen molar-refractivity contribution in [2.45, 2.75) is 155 Å². The predicted octanol–water partition coefficient (Wildman–Crippen LogP) is 8.33. The highest BCUT2D eigenvalue weighted by atomic mass is 31.2. The van der Waals surface area contributed by atoms with E-state index in [0.29, 0.717) is 25.2 Å². The molecule has 0 aliphatic heterocycles. The Hall–Kier alpha value is -1.96. The summed E-state index contributed by atoms with van der Waals surface area (Å²) >= 11 is 0. The molecule has 0 radical (unpaired) electrons. The summed E-state index contributed by atoms with van der Waals surface area (Å²) in [5, 5.41) is 19.5. The maximum Gasteiger partial charge on any atom is 0.472 e. The van der Waals surface area contributed by atoms with Crippen molar-refractivity contribution in [3.63, 3.8) is 0 Å². The summed E-state index contributed by atoms with van der Waals surface area (Å²) in [6.07, 6.45) is 27.7. The third-order valence-corrected chi connectivity index (χ3v) is 9.40. The van der Waals surface area contributed by atoms with E-state index in [4.69, 9.17) is 23.8 Å². The summed E-state index contributed by atoms with van der Waals surface area (Å²) in [4.78, 5) is 52.4. The Labute approximate surface area is 329 Å². The summed E-state index contributed by atoms with van der Waals surface area (Å²) in [6, 6.07) is 0. The molecule has 0 rings (SSSR count). The van der Waals surface area contributed by atoms with E-state index in [1.165, 1.54) is 25.7 Å². The van der Waals surface area contributed by atoms with E-state index in [0.717, 1.165) is 57.8 Å². The molecule has 320 valence electrons. The highest BCUT2D eigenvalue weighted by Gasteiger charge is 2.28. The van der Waals surface area contributed by atoms with Gasteiger partial charge in [-0.1, -0.05) is 127 Å². The standard InChI is InChI=1S/C39H70O14P2/c1-4-5-26-35(40)27-22-18-14-10-8-6-7-9-11-15-20-24-29-39(43)53-37(33-52-55(47,48)51-31-36(41)30-50-54(44,45)46)32-49-38(42)28-23-19-16-12-13-17-21-25-34(2)3/h6-7,10-11,14-15,22,27,34-37,40-41H,4-5,8-9,12-13,16-21,23-26,28-33H2,1-3H3,(H,47,48)(H2,44,45,46)/b7-6-,14-10-,15-11-,27-22-/t35-,36+,37-/m1/s1. The van der Waals surface area contributed by atoms with E-state index in [1.807, 2.05) is 30.4 Å². The van der Waals surface area contributed by atoms with Gasteiger partial charge in [-0.05, 0) is 50.9 Å². The van der Waals surface area contributed by atoms with Crippen LogP contribution in [-0.4, -0.2) is 81.6 Å². The Balaban J connectivity index is 4.70. The Morgan fingerprint density at radius 1 is 0.618 bits per heavy atom. The first-order valence-corrected chi connectivity index (χ1v) is 22.8. The lowest BCUT2D eigenvalue weighted by molar-refractivity contribution is -0.161. The van der Waals surface area contributed by atoms with Crippen LogP contribution in [0.15, 0.2) is 48.6 Å². The number of allylic oxidation sites excluding steroid dienone is 7. The van der Waals surface area contributed by atoms with Crippen LogP contribution < -0.4 is 0 Å². The zero-order chi connectivity index (χ0) is 41.2. The number of rotatable bonds is 36. The van der Waals surface area contributed by atoms with Gasteiger partial charge in [0.05, 0.1) is 25.9 Å². The maximum absolute atomic E-state index is 12.6. The molecule has 14 nitrogen and oxygen atoms in total. The van der Waals surface area contributed by atoms with Crippen LogP contribution in [0.4, 0.5) is 0 Å². The number of carbonyl (C=O) groups excluding carboxylic acids is 2. The molecular weight excluding hydrogens is 754 g/mol. The second-order valence-electron chi connectivity index (χ2n) is 13.9. The Kier molecular flexibility index (Phi) is 32.9. The highest BCUT2D eigenvalue weighted by Crippen LogP contribution is 2.43. The molecule has 16 heteroatoms. The lowest BCUT2D eigenvalue weighted by Crippen LogP contribution is -2.29. The Bertz CT molecular complexity index is 1200. The second kappa shape index (κ2) is 34.1. The van der Waals surface area contributed by atoms with Crippen molar-refractivity contribution in [2.75, 3.05) is 26.4 Å². The van der Waals surface area contributed by atoms with Crippen LogP contribution in [0, 0.1) is 5.92 Å². The number of aliphatic hydroxyl groups is 2. The van der Waals surface area contributed by atoms with Crippen LogP contribution in [0.3, 0.4) is 0 Å². The molecule has 0 bridgehead atoms. The van der Waals surface area contributed by atoms with Crippen molar-refractivity contribution in [1.29, 1.82) is 0 Å². The number of phosphoric ester groups is 2. The van der Waals surface area contributed by atoms with E-state index in [1.54, 1.807) is 0 Å². The second-order valence-corrected chi connectivity index (χ2v) is 16.5. The van der Waals surface area contributed by atoms with E-state index in [9.17, 15) is 33.8 Å². The summed E-state index contributed by atoms with van der Waals surface area (Å²) in [7, 11) is -9.70. The third kappa shape index (κ3) is 38.7. The average Bonchev–Trinajstić information content (AvgIpc) is 3.12. The van der Waals surface area contributed by atoms with Gasteiger partial charge < -0.3 is 34.4 Å². The zero-order valence-electron chi connectivity index (χ0n) is 33.3. The number of hydrogen-bond donors (Lipinski definition) is 5. The van der Waals surface area contributed by atoms with Gasteiger partial charge in [0.25, 0.3) is 0 Å². The van der Waals surface area contributed by atoms with E-state index >= 15 is 0 Å². The average molecular weight is 825 g/mol.